The Morgan fingerprint density at radius 2 is 1.93 bits per heavy atom. The highest BCUT2D eigenvalue weighted by Gasteiger charge is 2.19. The number of nitrogens with one attached hydrogen (secondary N) is 2. The van der Waals surface area contributed by atoms with Crippen LogP contribution in [0, 0.1) is 19.7 Å². The summed E-state index contributed by atoms with van der Waals surface area (Å²) < 4.78 is 29.6. The second-order valence-electron chi connectivity index (χ2n) is 6.71. The van der Waals surface area contributed by atoms with Gasteiger partial charge in [0.1, 0.15) is 11.6 Å². The Morgan fingerprint density at radius 3 is 2.62 bits per heavy atom. The largest absolute Gasteiger partial charge is 0.370 e. The van der Waals surface area contributed by atoms with Gasteiger partial charge in [-0.2, -0.15) is 15.2 Å². The number of nitrogens with zero attached hydrogens (tertiary/aromatic N) is 1. The minimum absolute atomic E-state index is 0.195. The van der Waals surface area contributed by atoms with Crippen LogP contribution in [0.3, 0.4) is 0 Å². The van der Waals surface area contributed by atoms with Crippen molar-refractivity contribution in [2.24, 2.45) is 16.6 Å². The topological polar surface area (TPSA) is 115 Å². The standard InChI is InChI=1S/C20H24FN5O2S/c1-12-13(2)17(21)8-7-16(12)18-11-19(26-20(22)25-18)24-10-9-14-3-5-15(6-4-14)29(27)28-23/h3-8,11,18,24H,9-10,23H2,1-2H3,(H3,22,25,26). The van der Waals surface area contributed by atoms with Gasteiger partial charge < -0.3 is 16.4 Å². The van der Waals surface area contributed by atoms with Gasteiger partial charge in [-0.05, 0) is 66.8 Å². The number of rotatable bonds is 7. The molecule has 0 amide bonds. The van der Waals surface area contributed by atoms with Crippen molar-refractivity contribution in [3.05, 3.63) is 76.4 Å². The molecular weight excluding hydrogens is 393 g/mol. The third kappa shape index (κ3) is 5.00. The van der Waals surface area contributed by atoms with E-state index in [0.29, 0.717) is 28.8 Å². The predicted molar refractivity (Wildman–Crippen MR) is 111 cm³/mol. The molecule has 0 fully saturated rings. The van der Waals surface area contributed by atoms with Crippen molar-refractivity contribution in [2.45, 2.75) is 31.2 Å². The zero-order valence-electron chi connectivity index (χ0n) is 16.2. The van der Waals surface area contributed by atoms with E-state index in [-0.39, 0.29) is 11.9 Å². The van der Waals surface area contributed by atoms with Crippen molar-refractivity contribution >= 4 is 17.0 Å². The van der Waals surface area contributed by atoms with Crippen LogP contribution in [0.1, 0.15) is 28.3 Å². The van der Waals surface area contributed by atoms with Crippen molar-refractivity contribution in [3.63, 3.8) is 0 Å². The average Bonchev–Trinajstić information content (AvgIpc) is 2.71. The highest BCUT2D eigenvalue weighted by Crippen LogP contribution is 2.25. The van der Waals surface area contributed by atoms with Crippen molar-refractivity contribution in [1.82, 2.24) is 10.6 Å². The van der Waals surface area contributed by atoms with Gasteiger partial charge in [0.05, 0.1) is 10.9 Å². The maximum absolute atomic E-state index is 13.8. The van der Waals surface area contributed by atoms with E-state index in [1.165, 1.54) is 6.07 Å². The smallest absolute Gasteiger partial charge is 0.206 e. The molecule has 2 aromatic carbocycles. The van der Waals surface area contributed by atoms with E-state index in [2.05, 4.69) is 19.9 Å². The highest BCUT2D eigenvalue weighted by molar-refractivity contribution is 7.80. The molecule has 154 valence electrons. The van der Waals surface area contributed by atoms with Gasteiger partial charge in [0, 0.05) is 6.54 Å². The summed E-state index contributed by atoms with van der Waals surface area (Å²) in [5, 5.41) is 6.39. The summed E-state index contributed by atoms with van der Waals surface area (Å²) in [7, 11) is 0. The van der Waals surface area contributed by atoms with Crippen LogP contribution in [0.2, 0.25) is 0 Å². The van der Waals surface area contributed by atoms with Gasteiger partial charge in [0.15, 0.2) is 5.96 Å². The first-order valence-corrected chi connectivity index (χ1v) is 10.2. The van der Waals surface area contributed by atoms with Crippen LogP contribution in [0.25, 0.3) is 0 Å². The normalized spacial score (nSPS) is 17.2. The molecule has 0 aromatic heterocycles. The molecule has 29 heavy (non-hydrogen) atoms. The molecule has 6 N–H and O–H groups in total. The predicted octanol–water partition coefficient (Wildman–Crippen LogP) is 1.99. The first-order valence-electron chi connectivity index (χ1n) is 9.09. The first kappa shape index (κ1) is 21.0. The third-order valence-corrected chi connectivity index (χ3v) is 5.72. The number of aliphatic imine (C=N–C) groups is 1. The van der Waals surface area contributed by atoms with Gasteiger partial charge in [0.2, 0.25) is 11.1 Å². The van der Waals surface area contributed by atoms with E-state index in [1.807, 2.05) is 25.1 Å². The van der Waals surface area contributed by atoms with E-state index in [4.69, 9.17) is 11.6 Å². The first-order chi connectivity index (χ1) is 13.9. The zero-order valence-corrected chi connectivity index (χ0v) is 17.1. The van der Waals surface area contributed by atoms with E-state index in [1.54, 1.807) is 25.1 Å². The van der Waals surface area contributed by atoms with Crippen LogP contribution >= 0.6 is 0 Å². The fraction of sp³-hybridized carbons (Fsp3) is 0.250. The van der Waals surface area contributed by atoms with Crippen LogP contribution in [0.15, 0.2) is 58.2 Å². The summed E-state index contributed by atoms with van der Waals surface area (Å²) in [4.78, 5) is 4.81. The summed E-state index contributed by atoms with van der Waals surface area (Å²) in [5.41, 5.74) is 9.46. The maximum atomic E-state index is 13.8. The van der Waals surface area contributed by atoms with Gasteiger partial charge in [-0.25, -0.2) is 8.60 Å². The zero-order chi connectivity index (χ0) is 21.0. The van der Waals surface area contributed by atoms with Crippen molar-refractivity contribution in [3.8, 4) is 0 Å². The van der Waals surface area contributed by atoms with E-state index in [0.717, 1.165) is 23.1 Å². The lowest BCUT2D eigenvalue weighted by Crippen LogP contribution is -2.38. The minimum Gasteiger partial charge on any atom is -0.370 e. The lowest BCUT2D eigenvalue weighted by Gasteiger charge is -2.24. The van der Waals surface area contributed by atoms with Gasteiger partial charge in [-0.15, -0.1) is 0 Å². The summed E-state index contributed by atoms with van der Waals surface area (Å²) in [6.45, 7) is 4.29. The molecule has 1 heterocycles. The summed E-state index contributed by atoms with van der Waals surface area (Å²) in [6.07, 6.45) is 2.66. The molecule has 2 unspecified atom stereocenters. The van der Waals surface area contributed by atoms with Crippen LogP contribution in [-0.2, 0) is 21.8 Å². The molecule has 0 spiro atoms. The van der Waals surface area contributed by atoms with Crippen LogP contribution in [0.4, 0.5) is 4.39 Å². The number of hydrogen-bond acceptors (Lipinski definition) is 7. The monoisotopic (exact) mass is 417 g/mol. The number of nitrogens with two attached hydrogens (primary N) is 2. The molecule has 7 nitrogen and oxygen atoms in total. The number of hydrogen-bond donors (Lipinski definition) is 4. The second kappa shape index (κ2) is 9.17. The Bertz CT molecular complexity index is 976. The van der Waals surface area contributed by atoms with E-state index in [9.17, 15) is 8.60 Å². The third-order valence-electron chi connectivity index (χ3n) is 4.89. The minimum atomic E-state index is -1.65. The summed E-state index contributed by atoms with van der Waals surface area (Å²) in [5.74, 6) is 5.66. The lowest BCUT2D eigenvalue weighted by molar-refractivity contribution is 0.367. The molecule has 2 aromatic rings. The van der Waals surface area contributed by atoms with Crippen LogP contribution < -0.4 is 22.3 Å². The quantitative estimate of drug-likeness (QED) is 0.512. The fourth-order valence-electron chi connectivity index (χ4n) is 3.13. The molecule has 0 aliphatic carbocycles. The van der Waals surface area contributed by atoms with E-state index >= 15 is 0 Å². The van der Waals surface area contributed by atoms with Gasteiger partial charge in [0.25, 0.3) is 0 Å². The average molecular weight is 418 g/mol. The molecular formula is C20H24FN5O2S. The van der Waals surface area contributed by atoms with Crippen LogP contribution in [0.5, 0.6) is 0 Å². The Balaban J connectivity index is 1.66. The summed E-state index contributed by atoms with van der Waals surface area (Å²) in [6, 6.07) is 10.2. The molecule has 1 aliphatic heterocycles. The Kier molecular flexibility index (Phi) is 6.63. The van der Waals surface area contributed by atoms with Gasteiger partial charge >= 0.3 is 0 Å². The van der Waals surface area contributed by atoms with Gasteiger partial charge in [-0.3, -0.25) is 0 Å². The van der Waals surface area contributed by atoms with Crippen LogP contribution in [-0.4, -0.2) is 16.7 Å². The highest BCUT2D eigenvalue weighted by atomic mass is 32.2. The fourth-order valence-corrected chi connectivity index (χ4v) is 3.60. The maximum Gasteiger partial charge on any atom is 0.206 e. The Labute approximate surface area is 171 Å². The van der Waals surface area contributed by atoms with Crippen molar-refractivity contribution in [2.75, 3.05) is 6.54 Å². The lowest BCUT2D eigenvalue weighted by atomic mass is 9.96. The Morgan fingerprint density at radius 1 is 1.21 bits per heavy atom. The van der Waals surface area contributed by atoms with E-state index < -0.39 is 11.1 Å². The number of benzene rings is 2. The number of halogens is 1. The molecule has 0 saturated carbocycles. The molecule has 2 atom stereocenters. The molecule has 0 bridgehead atoms. The second-order valence-corrected chi connectivity index (χ2v) is 7.84. The molecule has 0 saturated heterocycles. The molecule has 1 aliphatic rings. The molecule has 0 radical (unpaired) electrons. The number of guanidine groups is 1. The summed E-state index contributed by atoms with van der Waals surface area (Å²) >= 11 is -1.65. The van der Waals surface area contributed by atoms with Crippen molar-refractivity contribution in [1.29, 1.82) is 0 Å². The van der Waals surface area contributed by atoms with Gasteiger partial charge in [-0.1, -0.05) is 18.2 Å². The molecule has 3 rings (SSSR count). The Hall–Kier alpha value is -2.75. The van der Waals surface area contributed by atoms with Crippen molar-refractivity contribution < 1.29 is 12.9 Å². The molecule has 9 heteroatoms. The SMILES string of the molecule is Cc1c(F)ccc(C2C=C(NCCc3ccc(S(=O)ON)cc3)N=C(N)N2)c1C.